The summed E-state index contributed by atoms with van der Waals surface area (Å²) < 4.78 is 0. The van der Waals surface area contributed by atoms with Gasteiger partial charge in [-0.3, -0.25) is 4.79 Å². The van der Waals surface area contributed by atoms with Crippen molar-refractivity contribution >= 4 is 11.8 Å². The van der Waals surface area contributed by atoms with E-state index >= 15 is 0 Å². The van der Waals surface area contributed by atoms with Crippen molar-refractivity contribution in [3.8, 4) is 11.4 Å². The van der Waals surface area contributed by atoms with Crippen molar-refractivity contribution in [3.05, 3.63) is 41.7 Å². The van der Waals surface area contributed by atoms with Crippen LogP contribution in [0.1, 0.15) is 16.1 Å². The van der Waals surface area contributed by atoms with Crippen molar-refractivity contribution in [2.45, 2.75) is 6.92 Å². The average Bonchev–Trinajstić information content (AvgIpc) is 2.78. The number of carbonyl (C=O) groups excluding carboxylic acids is 1. The lowest BCUT2D eigenvalue weighted by Gasteiger charge is -1.97. The van der Waals surface area contributed by atoms with Gasteiger partial charge in [0.25, 0.3) is 5.78 Å². The summed E-state index contributed by atoms with van der Waals surface area (Å²) in [6.45, 7) is 1.96. The number of carboxylic acid groups (broad SMARTS) is 1. The minimum atomic E-state index is -1.50. The van der Waals surface area contributed by atoms with Crippen LogP contribution in [0.5, 0.6) is 0 Å². The van der Waals surface area contributed by atoms with Gasteiger partial charge in [-0.25, -0.2) is 9.78 Å². The zero-order valence-electron chi connectivity index (χ0n) is 9.10. The Morgan fingerprint density at radius 3 is 2.47 bits per heavy atom. The van der Waals surface area contributed by atoms with Crippen molar-refractivity contribution < 1.29 is 14.7 Å². The summed E-state index contributed by atoms with van der Waals surface area (Å²) >= 11 is 0. The van der Waals surface area contributed by atoms with Crippen molar-refractivity contribution in [3.63, 3.8) is 0 Å². The fourth-order valence-electron chi connectivity index (χ4n) is 1.41. The first-order chi connectivity index (χ1) is 8.08. The second kappa shape index (κ2) is 4.21. The third kappa shape index (κ3) is 2.23. The van der Waals surface area contributed by atoms with Gasteiger partial charge in [0.1, 0.15) is 11.5 Å². The molecule has 2 aromatic rings. The molecule has 1 aromatic heterocycles. The van der Waals surface area contributed by atoms with Gasteiger partial charge in [0.2, 0.25) is 0 Å². The van der Waals surface area contributed by atoms with Gasteiger partial charge in [-0.05, 0) is 6.92 Å². The lowest BCUT2D eigenvalue weighted by molar-refractivity contribution is -0.131. The Morgan fingerprint density at radius 1 is 1.24 bits per heavy atom. The van der Waals surface area contributed by atoms with Crippen LogP contribution in [0.3, 0.4) is 0 Å². The summed E-state index contributed by atoms with van der Waals surface area (Å²) in [4.78, 5) is 28.3. The quantitative estimate of drug-likeness (QED) is 0.620. The number of nitrogens with zero attached hydrogens (tertiary/aromatic N) is 1. The van der Waals surface area contributed by atoms with Crippen molar-refractivity contribution in [2.75, 3.05) is 0 Å². The molecule has 5 nitrogen and oxygen atoms in total. The van der Waals surface area contributed by atoms with E-state index in [1.807, 2.05) is 31.2 Å². The van der Waals surface area contributed by atoms with Gasteiger partial charge in [-0.1, -0.05) is 29.8 Å². The molecule has 0 aliphatic carbocycles. The number of carboxylic acids is 1. The van der Waals surface area contributed by atoms with Crippen LogP contribution in [0.25, 0.3) is 11.4 Å². The second-order valence-corrected chi connectivity index (χ2v) is 3.65. The van der Waals surface area contributed by atoms with E-state index in [-0.39, 0.29) is 5.69 Å². The number of ketones is 1. The Morgan fingerprint density at radius 2 is 1.88 bits per heavy atom. The van der Waals surface area contributed by atoms with Gasteiger partial charge in [0.05, 0.1) is 6.20 Å². The zero-order chi connectivity index (χ0) is 12.4. The Labute approximate surface area is 97.1 Å². The topological polar surface area (TPSA) is 83.1 Å². The molecule has 86 valence electrons. The number of Topliss-reactive ketones (excluding diaryl/α,β-unsaturated/α-hetero) is 1. The molecule has 0 unspecified atom stereocenters. The third-order valence-electron chi connectivity index (χ3n) is 2.34. The van der Waals surface area contributed by atoms with E-state index in [2.05, 4.69) is 9.97 Å². The smallest absolute Gasteiger partial charge is 0.378 e. The number of hydrogen-bond acceptors (Lipinski definition) is 3. The van der Waals surface area contributed by atoms with Crippen LogP contribution in [-0.2, 0) is 4.79 Å². The molecule has 0 atom stereocenters. The van der Waals surface area contributed by atoms with Crippen molar-refractivity contribution in [1.29, 1.82) is 0 Å². The number of hydrogen-bond donors (Lipinski definition) is 2. The molecule has 2 rings (SSSR count). The van der Waals surface area contributed by atoms with Gasteiger partial charge in [-0.15, -0.1) is 0 Å². The summed E-state index contributed by atoms with van der Waals surface area (Å²) in [5, 5.41) is 8.55. The van der Waals surface area contributed by atoms with E-state index in [0.29, 0.717) is 5.82 Å². The lowest BCUT2D eigenvalue weighted by Crippen LogP contribution is -2.12. The van der Waals surface area contributed by atoms with Crippen molar-refractivity contribution in [2.24, 2.45) is 0 Å². The average molecular weight is 230 g/mol. The van der Waals surface area contributed by atoms with Crippen molar-refractivity contribution in [1.82, 2.24) is 9.97 Å². The number of aromatic nitrogens is 2. The molecule has 0 amide bonds. The van der Waals surface area contributed by atoms with Crippen LogP contribution in [-0.4, -0.2) is 26.8 Å². The minimum absolute atomic E-state index is 0.0203. The predicted octanol–water partition coefficient (Wildman–Crippen LogP) is 1.65. The molecule has 5 heteroatoms. The van der Waals surface area contributed by atoms with Gasteiger partial charge in [0.15, 0.2) is 0 Å². The van der Waals surface area contributed by atoms with Crippen LogP contribution in [0.4, 0.5) is 0 Å². The van der Waals surface area contributed by atoms with Gasteiger partial charge in [0, 0.05) is 5.56 Å². The molecule has 17 heavy (non-hydrogen) atoms. The molecule has 0 fully saturated rings. The molecule has 1 heterocycles. The molecule has 0 bridgehead atoms. The minimum Gasteiger partial charge on any atom is -0.475 e. The monoisotopic (exact) mass is 230 g/mol. The van der Waals surface area contributed by atoms with Gasteiger partial charge in [-0.2, -0.15) is 0 Å². The molecule has 0 spiro atoms. The Hall–Kier alpha value is -2.43. The number of benzene rings is 1. The van der Waals surface area contributed by atoms with Crippen LogP contribution in [0, 0.1) is 6.92 Å². The van der Waals surface area contributed by atoms with Crippen LogP contribution >= 0.6 is 0 Å². The largest absolute Gasteiger partial charge is 0.475 e. The SMILES string of the molecule is Cc1ccc(-c2ncc(C(=O)C(=O)O)[nH]2)cc1. The maximum Gasteiger partial charge on any atom is 0.378 e. The normalized spacial score (nSPS) is 10.2. The first-order valence-corrected chi connectivity index (χ1v) is 4.97. The molecule has 2 N–H and O–H groups in total. The number of nitrogens with one attached hydrogen (secondary N) is 1. The highest BCUT2D eigenvalue weighted by Gasteiger charge is 2.17. The number of H-pyrrole nitrogens is 1. The standard InChI is InChI=1S/C12H10N2O3/c1-7-2-4-8(5-3-7)11-13-6-9(14-11)10(15)12(16)17/h2-6H,1H3,(H,13,14)(H,16,17). The van der Waals surface area contributed by atoms with Crippen LogP contribution in [0.15, 0.2) is 30.5 Å². The first kappa shape index (κ1) is 11.1. The lowest BCUT2D eigenvalue weighted by atomic mass is 10.1. The molecule has 0 aliphatic rings. The molecule has 0 saturated heterocycles. The third-order valence-corrected chi connectivity index (χ3v) is 2.34. The summed E-state index contributed by atoms with van der Waals surface area (Å²) in [5.41, 5.74) is 1.90. The highest BCUT2D eigenvalue weighted by atomic mass is 16.4. The highest BCUT2D eigenvalue weighted by Crippen LogP contribution is 2.16. The van der Waals surface area contributed by atoms with Gasteiger partial charge < -0.3 is 10.1 Å². The number of rotatable bonds is 3. The number of carbonyl (C=O) groups is 2. The highest BCUT2D eigenvalue weighted by molar-refractivity contribution is 6.39. The van der Waals surface area contributed by atoms with Crippen LogP contribution in [0.2, 0.25) is 0 Å². The molecule has 0 radical (unpaired) electrons. The Bertz CT molecular complexity index is 570. The number of aliphatic carboxylic acids is 1. The number of aromatic amines is 1. The van der Waals surface area contributed by atoms with E-state index in [0.717, 1.165) is 11.1 Å². The molecule has 0 saturated carbocycles. The fraction of sp³-hybridized carbons (Fsp3) is 0.0833. The predicted molar refractivity (Wildman–Crippen MR) is 60.7 cm³/mol. The zero-order valence-corrected chi connectivity index (χ0v) is 9.10. The number of aryl methyl sites for hydroxylation is 1. The maximum absolute atomic E-state index is 11.2. The van der Waals surface area contributed by atoms with E-state index in [1.165, 1.54) is 6.20 Å². The summed E-state index contributed by atoms with van der Waals surface area (Å²) in [6.07, 6.45) is 1.23. The maximum atomic E-state index is 11.2. The summed E-state index contributed by atoms with van der Waals surface area (Å²) in [7, 11) is 0. The van der Waals surface area contributed by atoms with Crippen LogP contribution < -0.4 is 0 Å². The summed E-state index contributed by atoms with van der Waals surface area (Å²) in [5.74, 6) is -2.01. The number of imidazole rings is 1. The second-order valence-electron chi connectivity index (χ2n) is 3.65. The van der Waals surface area contributed by atoms with Gasteiger partial charge >= 0.3 is 5.97 Å². The van der Waals surface area contributed by atoms with E-state index in [4.69, 9.17) is 5.11 Å². The first-order valence-electron chi connectivity index (χ1n) is 4.97. The molecular weight excluding hydrogens is 220 g/mol. The molecule has 0 aliphatic heterocycles. The fourth-order valence-corrected chi connectivity index (χ4v) is 1.41. The Balaban J connectivity index is 2.33. The summed E-state index contributed by atoms with van der Waals surface area (Å²) in [6, 6.07) is 7.53. The Kier molecular flexibility index (Phi) is 2.74. The van der Waals surface area contributed by atoms with E-state index in [9.17, 15) is 9.59 Å². The van der Waals surface area contributed by atoms with E-state index < -0.39 is 11.8 Å². The molecule has 1 aromatic carbocycles. The molecular formula is C12H10N2O3. The van der Waals surface area contributed by atoms with E-state index in [1.54, 1.807) is 0 Å².